The highest BCUT2D eigenvalue weighted by Crippen LogP contribution is 2.29. The van der Waals surface area contributed by atoms with Crippen LogP contribution in [0.5, 0.6) is 0 Å². The number of alkyl halides is 3. The van der Waals surface area contributed by atoms with Crippen LogP contribution in [0.25, 0.3) is 0 Å². The van der Waals surface area contributed by atoms with Crippen molar-refractivity contribution in [2.75, 3.05) is 18.5 Å². The molecule has 2 amide bonds. The maximum atomic E-state index is 13.4. The van der Waals surface area contributed by atoms with Crippen LogP contribution in [0.2, 0.25) is 0 Å². The second-order valence-electron chi connectivity index (χ2n) is 6.51. The largest absolute Gasteiger partial charge is 0.416 e. The predicted molar refractivity (Wildman–Crippen MR) is 98.7 cm³/mol. The fraction of sp³-hybridized carbons (Fsp3) is 0.250. The fourth-order valence-corrected chi connectivity index (χ4v) is 2.85. The zero-order chi connectivity index (χ0) is 21.2. The molecule has 1 aliphatic heterocycles. The van der Waals surface area contributed by atoms with Crippen LogP contribution >= 0.6 is 0 Å². The summed E-state index contributed by atoms with van der Waals surface area (Å²) in [6, 6.07) is 9.91. The van der Waals surface area contributed by atoms with E-state index in [1.165, 1.54) is 42.3 Å². The summed E-state index contributed by atoms with van der Waals surface area (Å²) in [5.41, 5.74) is 0.407. The summed E-state index contributed by atoms with van der Waals surface area (Å²) >= 11 is 0. The van der Waals surface area contributed by atoms with Gasteiger partial charge in [-0.1, -0.05) is 18.2 Å². The third-order valence-corrected chi connectivity index (χ3v) is 4.51. The second kappa shape index (κ2) is 8.02. The molecular weight excluding hydrogens is 390 g/mol. The predicted octanol–water partition coefficient (Wildman–Crippen LogP) is 3.83. The van der Waals surface area contributed by atoms with E-state index < -0.39 is 23.5 Å². The minimum atomic E-state index is -4.44. The third-order valence-electron chi connectivity index (χ3n) is 4.51. The quantitative estimate of drug-likeness (QED) is 0.724. The topological polar surface area (TPSA) is 53.0 Å². The molecule has 2 aromatic carbocycles. The number of nitrogens with zero attached hydrogens (tertiary/aromatic N) is 3. The van der Waals surface area contributed by atoms with Crippen molar-refractivity contribution in [2.24, 2.45) is 5.10 Å². The van der Waals surface area contributed by atoms with E-state index in [0.717, 1.165) is 17.1 Å². The Morgan fingerprint density at radius 1 is 1.14 bits per heavy atom. The molecule has 3 rings (SSSR count). The maximum Gasteiger partial charge on any atom is 0.416 e. The monoisotopic (exact) mass is 407 g/mol. The summed E-state index contributed by atoms with van der Waals surface area (Å²) in [6.45, 7) is -0.365. The molecule has 0 aromatic heterocycles. The standard InChI is InChI=1S/C20H17F4N3O2/c1-26(16-4-2-3-15(21)11-16)19(29)12-27-18(28)10-9-17(25-27)13-5-7-14(8-6-13)20(22,23)24/h2-8,11H,9-10,12H2,1H3. The summed E-state index contributed by atoms with van der Waals surface area (Å²) in [5.74, 6) is -1.36. The number of carbonyl (C=O) groups is 2. The molecule has 1 heterocycles. The summed E-state index contributed by atoms with van der Waals surface area (Å²) in [5, 5.41) is 5.15. The lowest BCUT2D eigenvalue weighted by Gasteiger charge is -2.25. The Morgan fingerprint density at radius 3 is 2.45 bits per heavy atom. The van der Waals surface area contributed by atoms with Crippen molar-refractivity contribution in [3.63, 3.8) is 0 Å². The first-order chi connectivity index (χ1) is 13.6. The molecule has 0 bridgehead atoms. The van der Waals surface area contributed by atoms with Crippen LogP contribution in [0.4, 0.5) is 23.2 Å². The van der Waals surface area contributed by atoms with E-state index in [0.29, 0.717) is 17.0 Å². The van der Waals surface area contributed by atoms with Gasteiger partial charge in [-0.05, 0) is 35.9 Å². The number of rotatable bonds is 4. The molecule has 152 valence electrons. The molecule has 0 unspecified atom stereocenters. The van der Waals surface area contributed by atoms with E-state index in [1.807, 2.05) is 0 Å². The Bertz CT molecular complexity index is 955. The average Bonchev–Trinajstić information content (AvgIpc) is 2.68. The van der Waals surface area contributed by atoms with E-state index in [4.69, 9.17) is 0 Å². The molecule has 0 fully saturated rings. The van der Waals surface area contributed by atoms with Crippen molar-refractivity contribution in [1.29, 1.82) is 0 Å². The van der Waals surface area contributed by atoms with Crippen LogP contribution in [0.15, 0.2) is 53.6 Å². The molecule has 0 saturated heterocycles. The minimum Gasteiger partial charge on any atom is -0.314 e. The Labute approximate surface area is 164 Å². The Balaban J connectivity index is 1.76. The van der Waals surface area contributed by atoms with Crippen LogP contribution < -0.4 is 4.90 Å². The van der Waals surface area contributed by atoms with Gasteiger partial charge in [-0.25, -0.2) is 9.40 Å². The van der Waals surface area contributed by atoms with Gasteiger partial charge in [-0.2, -0.15) is 18.3 Å². The number of benzene rings is 2. The van der Waals surface area contributed by atoms with E-state index in [-0.39, 0.29) is 25.3 Å². The van der Waals surface area contributed by atoms with Crippen molar-refractivity contribution in [3.8, 4) is 0 Å². The summed E-state index contributed by atoms with van der Waals surface area (Å²) in [7, 11) is 1.45. The van der Waals surface area contributed by atoms with Crippen LogP contribution in [0.3, 0.4) is 0 Å². The molecule has 0 saturated carbocycles. The number of hydrogen-bond acceptors (Lipinski definition) is 3. The molecular formula is C20H17F4N3O2. The maximum absolute atomic E-state index is 13.4. The molecule has 9 heteroatoms. The number of halogens is 4. The smallest absolute Gasteiger partial charge is 0.314 e. The van der Waals surface area contributed by atoms with Crippen LogP contribution in [0.1, 0.15) is 24.0 Å². The van der Waals surface area contributed by atoms with Gasteiger partial charge in [0.25, 0.3) is 0 Å². The molecule has 1 aliphatic rings. The Morgan fingerprint density at radius 2 is 1.83 bits per heavy atom. The highest BCUT2D eigenvalue weighted by molar-refractivity contribution is 6.05. The Hall–Kier alpha value is -3.23. The molecule has 0 aliphatic carbocycles. The molecule has 5 nitrogen and oxygen atoms in total. The van der Waals surface area contributed by atoms with Gasteiger partial charge in [0.15, 0.2) is 0 Å². The number of anilines is 1. The molecule has 0 spiro atoms. The van der Waals surface area contributed by atoms with Crippen LogP contribution in [-0.2, 0) is 15.8 Å². The molecule has 2 aromatic rings. The number of carbonyl (C=O) groups excluding carboxylic acids is 2. The Kier molecular flexibility index (Phi) is 5.67. The normalized spacial score (nSPS) is 14.6. The molecule has 0 N–H and O–H groups in total. The van der Waals surface area contributed by atoms with Crippen LogP contribution in [0, 0.1) is 5.82 Å². The minimum absolute atomic E-state index is 0.0802. The summed E-state index contributed by atoms with van der Waals surface area (Å²) in [6.07, 6.45) is -4.10. The molecule has 29 heavy (non-hydrogen) atoms. The van der Waals surface area contributed by atoms with E-state index in [9.17, 15) is 27.2 Å². The first-order valence-electron chi connectivity index (χ1n) is 8.73. The number of amides is 2. The lowest BCUT2D eigenvalue weighted by Crippen LogP contribution is -2.41. The van der Waals surface area contributed by atoms with Crippen molar-refractivity contribution in [1.82, 2.24) is 5.01 Å². The number of hydrogen-bond donors (Lipinski definition) is 0. The van der Waals surface area contributed by atoms with Gasteiger partial charge in [0.2, 0.25) is 11.8 Å². The van der Waals surface area contributed by atoms with E-state index >= 15 is 0 Å². The summed E-state index contributed by atoms with van der Waals surface area (Å²) < 4.78 is 51.5. The zero-order valence-corrected chi connectivity index (χ0v) is 15.4. The second-order valence-corrected chi connectivity index (χ2v) is 6.51. The van der Waals surface area contributed by atoms with Gasteiger partial charge < -0.3 is 4.90 Å². The van der Waals surface area contributed by atoms with Gasteiger partial charge in [0, 0.05) is 25.6 Å². The lowest BCUT2D eigenvalue weighted by atomic mass is 10.0. The summed E-state index contributed by atoms with van der Waals surface area (Å²) in [4.78, 5) is 25.8. The van der Waals surface area contributed by atoms with Crippen molar-refractivity contribution >= 4 is 23.2 Å². The first-order valence-corrected chi connectivity index (χ1v) is 8.73. The first kappa shape index (κ1) is 20.5. The van der Waals surface area contributed by atoms with Gasteiger partial charge >= 0.3 is 6.18 Å². The third kappa shape index (κ3) is 4.79. The van der Waals surface area contributed by atoms with Gasteiger partial charge in [0.05, 0.1) is 11.3 Å². The van der Waals surface area contributed by atoms with E-state index in [2.05, 4.69) is 5.10 Å². The highest BCUT2D eigenvalue weighted by Gasteiger charge is 2.30. The van der Waals surface area contributed by atoms with Crippen molar-refractivity contribution < 1.29 is 27.2 Å². The average molecular weight is 407 g/mol. The fourth-order valence-electron chi connectivity index (χ4n) is 2.85. The van der Waals surface area contributed by atoms with E-state index in [1.54, 1.807) is 6.07 Å². The zero-order valence-electron chi connectivity index (χ0n) is 15.4. The van der Waals surface area contributed by atoms with Crippen molar-refractivity contribution in [3.05, 3.63) is 65.5 Å². The van der Waals surface area contributed by atoms with Gasteiger partial charge in [0.1, 0.15) is 12.4 Å². The highest BCUT2D eigenvalue weighted by atomic mass is 19.4. The molecule has 0 radical (unpaired) electrons. The lowest BCUT2D eigenvalue weighted by molar-refractivity contribution is -0.137. The SMILES string of the molecule is CN(C(=O)CN1N=C(c2ccc(C(F)(F)F)cc2)CCC1=O)c1cccc(F)c1. The number of likely N-dealkylation sites (N-methyl/N-ethyl adjacent to an activating group) is 1. The van der Waals surface area contributed by atoms with Gasteiger partial charge in [-0.15, -0.1) is 0 Å². The number of hydrazone groups is 1. The van der Waals surface area contributed by atoms with Crippen LogP contribution in [-0.4, -0.2) is 36.1 Å². The molecule has 0 atom stereocenters. The van der Waals surface area contributed by atoms with Crippen molar-refractivity contribution in [2.45, 2.75) is 19.0 Å². The van der Waals surface area contributed by atoms with Gasteiger partial charge in [-0.3, -0.25) is 9.59 Å².